The topological polar surface area (TPSA) is 46.2 Å². The maximum absolute atomic E-state index is 13.5. The molecule has 2 bridgehead atoms. The lowest BCUT2D eigenvalue weighted by atomic mass is 9.70. The van der Waals surface area contributed by atoms with E-state index >= 15 is 0 Å². The van der Waals surface area contributed by atoms with Crippen molar-refractivity contribution in [2.45, 2.75) is 40.5 Å². The molecule has 2 saturated carbocycles. The van der Waals surface area contributed by atoms with E-state index in [1.165, 1.54) is 0 Å². The summed E-state index contributed by atoms with van der Waals surface area (Å²) in [6.45, 7) is 8.41. The SMILES string of the molecule is Cc1ccccc1Nc1ccccc1C(=O)C1C(=O)C2(C)CCC1C2(C)C. The van der Waals surface area contributed by atoms with Crippen LogP contribution in [0.2, 0.25) is 0 Å². The molecule has 3 nitrogen and oxygen atoms in total. The molecule has 0 saturated heterocycles. The molecule has 0 radical (unpaired) electrons. The molecule has 4 rings (SSSR count). The van der Waals surface area contributed by atoms with Crippen LogP contribution in [0.15, 0.2) is 48.5 Å². The molecule has 2 aliphatic rings. The van der Waals surface area contributed by atoms with Crippen LogP contribution in [0, 0.1) is 29.6 Å². The zero-order valence-electron chi connectivity index (χ0n) is 16.5. The van der Waals surface area contributed by atoms with Crippen LogP contribution < -0.4 is 5.32 Å². The van der Waals surface area contributed by atoms with E-state index in [0.29, 0.717) is 5.56 Å². The Morgan fingerprint density at radius 3 is 2.26 bits per heavy atom. The number of fused-ring (bicyclic) bond motifs is 2. The van der Waals surface area contributed by atoms with Gasteiger partial charge in [0.25, 0.3) is 0 Å². The lowest BCUT2D eigenvalue weighted by Crippen LogP contribution is -2.35. The largest absolute Gasteiger partial charge is 0.355 e. The van der Waals surface area contributed by atoms with Crippen molar-refractivity contribution in [3.05, 3.63) is 59.7 Å². The molecule has 0 amide bonds. The minimum Gasteiger partial charge on any atom is -0.355 e. The van der Waals surface area contributed by atoms with Gasteiger partial charge in [0, 0.05) is 22.4 Å². The lowest BCUT2D eigenvalue weighted by Gasteiger charge is -2.32. The summed E-state index contributed by atoms with van der Waals surface area (Å²) < 4.78 is 0. The molecule has 0 spiro atoms. The fourth-order valence-corrected chi connectivity index (χ4v) is 5.22. The Morgan fingerprint density at radius 2 is 1.63 bits per heavy atom. The van der Waals surface area contributed by atoms with Crippen LogP contribution in [-0.2, 0) is 4.79 Å². The highest BCUT2D eigenvalue weighted by Crippen LogP contribution is 2.66. The summed E-state index contributed by atoms with van der Waals surface area (Å²) >= 11 is 0. The first-order valence-corrected chi connectivity index (χ1v) is 9.77. The first-order valence-electron chi connectivity index (χ1n) is 9.77. The van der Waals surface area contributed by atoms with Crippen molar-refractivity contribution >= 4 is 22.9 Å². The molecule has 2 aromatic rings. The van der Waals surface area contributed by atoms with Crippen molar-refractivity contribution in [2.24, 2.45) is 22.7 Å². The van der Waals surface area contributed by atoms with Gasteiger partial charge in [-0.3, -0.25) is 9.59 Å². The number of Topliss-reactive ketones (excluding diaryl/α,β-unsaturated/α-hetero) is 2. The van der Waals surface area contributed by atoms with E-state index in [0.717, 1.165) is 29.8 Å². The van der Waals surface area contributed by atoms with Crippen LogP contribution >= 0.6 is 0 Å². The van der Waals surface area contributed by atoms with Gasteiger partial charge in [-0.15, -0.1) is 0 Å². The third-order valence-corrected chi connectivity index (χ3v) is 7.42. The zero-order chi connectivity index (χ0) is 19.4. The first kappa shape index (κ1) is 18.0. The first-order chi connectivity index (χ1) is 12.8. The van der Waals surface area contributed by atoms with E-state index < -0.39 is 5.92 Å². The van der Waals surface area contributed by atoms with Crippen LogP contribution in [0.1, 0.15) is 49.5 Å². The van der Waals surface area contributed by atoms with E-state index in [9.17, 15) is 9.59 Å². The molecule has 2 aromatic carbocycles. The van der Waals surface area contributed by atoms with Gasteiger partial charge >= 0.3 is 0 Å². The third kappa shape index (κ3) is 2.48. The summed E-state index contributed by atoms with van der Waals surface area (Å²) in [5.41, 5.74) is 2.98. The normalized spacial score (nSPS) is 28.4. The number of rotatable bonds is 4. The Hall–Kier alpha value is -2.42. The molecule has 1 N–H and O–H groups in total. The van der Waals surface area contributed by atoms with Gasteiger partial charge in [0.05, 0.1) is 5.92 Å². The van der Waals surface area contributed by atoms with Crippen molar-refractivity contribution in [2.75, 3.05) is 5.32 Å². The lowest BCUT2D eigenvalue weighted by molar-refractivity contribution is -0.130. The van der Waals surface area contributed by atoms with Gasteiger partial charge in [-0.1, -0.05) is 51.1 Å². The van der Waals surface area contributed by atoms with E-state index in [-0.39, 0.29) is 28.3 Å². The highest BCUT2D eigenvalue weighted by Gasteiger charge is 2.67. The Kier molecular flexibility index (Phi) is 4.03. The van der Waals surface area contributed by atoms with Crippen molar-refractivity contribution in [1.29, 1.82) is 0 Å². The predicted octanol–water partition coefficient (Wildman–Crippen LogP) is 5.56. The number of carbonyl (C=O) groups excluding carboxylic acids is 2. The molecule has 0 heterocycles. The second kappa shape index (κ2) is 6.05. The molecule has 140 valence electrons. The van der Waals surface area contributed by atoms with Crippen LogP contribution in [0.3, 0.4) is 0 Å². The molecule has 2 fully saturated rings. The number of benzene rings is 2. The fourth-order valence-electron chi connectivity index (χ4n) is 5.22. The Balaban J connectivity index is 1.70. The second-order valence-electron chi connectivity index (χ2n) is 8.89. The Labute approximate surface area is 161 Å². The predicted molar refractivity (Wildman–Crippen MR) is 108 cm³/mol. The second-order valence-corrected chi connectivity index (χ2v) is 8.89. The maximum Gasteiger partial charge on any atom is 0.175 e. The number of hydrogen-bond acceptors (Lipinski definition) is 3. The summed E-state index contributed by atoms with van der Waals surface area (Å²) in [5.74, 6) is -0.273. The van der Waals surface area contributed by atoms with Crippen molar-refractivity contribution in [3.8, 4) is 0 Å². The molecule has 3 unspecified atom stereocenters. The summed E-state index contributed by atoms with van der Waals surface area (Å²) in [7, 11) is 0. The maximum atomic E-state index is 13.5. The van der Waals surface area contributed by atoms with Crippen molar-refractivity contribution in [3.63, 3.8) is 0 Å². The summed E-state index contributed by atoms with van der Waals surface area (Å²) in [6.07, 6.45) is 1.86. The van der Waals surface area contributed by atoms with Gasteiger partial charge in [0.2, 0.25) is 0 Å². The number of carbonyl (C=O) groups is 2. The Morgan fingerprint density at radius 1 is 1.00 bits per heavy atom. The van der Waals surface area contributed by atoms with Gasteiger partial charge < -0.3 is 5.32 Å². The van der Waals surface area contributed by atoms with Crippen molar-refractivity contribution < 1.29 is 9.59 Å². The van der Waals surface area contributed by atoms with Crippen LogP contribution in [0.5, 0.6) is 0 Å². The average molecular weight is 361 g/mol. The highest BCUT2D eigenvalue weighted by atomic mass is 16.2. The molecule has 3 atom stereocenters. The molecular formula is C24H27NO2. The number of anilines is 2. The van der Waals surface area contributed by atoms with E-state index in [1.54, 1.807) is 0 Å². The quantitative estimate of drug-likeness (QED) is 0.572. The van der Waals surface area contributed by atoms with Gasteiger partial charge in [-0.2, -0.15) is 0 Å². The smallest absolute Gasteiger partial charge is 0.175 e. The number of aryl methyl sites for hydroxylation is 1. The minimum absolute atomic E-state index is 0.0295. The van der Waals surface area contributed by atoms with E-state index in [1.807, 2.05) is 55.5 Å². The molecular weight excluding hydrogens is 334 g/mol. The molecule has 0 aliphatic heterocycles. The number of hydrogen-bond donors (Lipinski definition) is 1. The van der Waals surface area contributed by atoms with Crippen LogP contribution in [-0.4, -0.2) is 11.6 Å². The molecule has 2 aliphatic carbocycles. The third-order valence-electron chi connectivity index (χ3n) is 7.42. The van der Waals surface area contributed by atoms with Gasteiger partial charge in [0.1, 0.15) is 5.78 Å². The molecule has 27 heavy (non-hydrogen) atoms. The number of para-hydroxylation sites is 2. The Bertz CT molecular complexity index is 929. The zero-order valence-corrected chi connectivity index (χ0v) is 16.5. The van der Waals surface area contributed by atoms with Gasteiger partial charge in [-0.05, 0) is 54.9 Å². The summed E-state index contributed by atoms with van der Waals surface area (Å²) in [6, 6.07) is 15.6. The van der Waals surface area contributed by atoms with Gasteiger partial charge in [-0.25, -0.2) is 0 Å². The summed E-state index contributed by atoms with van der Waals surface area (Å²) in [5, 5.41) is 3.40. The average Bonchev–Trinajstić information content (AvgIpc) is 2.96. The minimum atomic E-state index is -0.515. The van der Waals surface area contributed by atoms with Crippen LogP contribution in [0.4, 0.5) is 11.4 Å². The van der Waals surface area contributed by atoms with Crippen LogP contribution in [0.25, 0.3) is 0 Å². The number of nitrogens with one attached hydrogen (secondary N) is 1. The number of ketones is 2. The monoisotopic (exact) mass is 361 g/mol. The molecule has 3 heteroatoms. The molecule has 0 aromatic heterocycles. The standard InChI is InChI=1S/C24H27NO2/c1-15-9-5-7-11-18(15)25-19-12-8-6-10-16(19)21(26)20-17-13-14-24(4,22(20)27)23(17,2)3/h5-12,17,20,25H,13-14H2,1-4H3. The fraction of sp³-hybridized carbons (Fsp3) is 0.417. The van der Waals surface area contributed by atoms with Gasteiger partial charge in [0.15, 0.2) is 5.78 Å². The van der Waals surface area contributed by atoms with E-state index in [2.05, 4.69) is 26.1 Å². The van der Waals surface area contributed by atoms with Crippen molar-refractivity contribution in [1.82, 2.24) is 0 Å². The summed E-state index contributed by atoms with van der Waals surface area (Å²) in [4.78, 5) is 26.7. The van der Waals surface area contributed by atoms with E-state index in [4.69, 9.17) is 0 Å². The highest BCUT2D eigenvalue weighted by molar-refractivity contribution is 6.16.